The van der Waals surface area contributed by atoms with Crippen molar-refractivity contribution in [1.82, 2.24) is 5.32 Å². The first-order valence-electron chi connectivity index (χ1n) is 6.95. The maximum absolute atomic E-state index is 12.0. The van der Waals surface area contributed by atoms with Crippen molar-refractivity contribution in [3.05, 3.63) is 0 Å². The van der Waals surface area contributed by atoms with E-state index in [1.165, 1.54) is 6.42 Å². The summed E-state index contributed by atoms with van der Waals surface area (Å²) in [5, 5.41) is 2.84. The van der Waals surface area contributed by atoms with Crippen LogP contribution in [0.4, 0.5) is 0 Å². The highest BCUT2D eigenvalue weighted by Gasteiger charge is 2.30. The van der Waals surface area contributed by atoms with Crippen molar-refractivity contribution >= 4 is 24.6 Å². The van der Waals surface area contributed by atoms with Gasteiger partial charge in [-0.2, -0.15) is 12.6 Å². The molecule has 0 heterocycles. The summed E-state index contributed by atoms with van der Waals surface area (Å²) in [6.07, 6.45) is 5.49. The second-order valence-corrected chi connectivity index (χ2v) is 5.38. The van der Waals surface area contributed by atoms with Crippen LogP contribution < -0.4 is 11.1 Å². The topological polar surface area (TPSA) is 81.4 Å². The lowest BCUT2D eigenvalue weighted by Gasteiger charge is -2.27. The zero-order valence-corrected chi connectivity index (χ0v) is 12.2. The zero-order valence-electron chi connectivity index (χ0n) is 11.3. The van der Waals surface area contributed by atoms with Gasteiger partial charge in [0.25, 0.3) is 0 Å². The Morgan fingerprint density at radius 3 is 2.58 bits per heavy atom. The van der Waals surface area contributed by atoms with Gasteiger partial charge in [-0.05, 0) is 18.8 Å². The van der Waals surface area contributed by atoms with Crippen LogP contribution in [-0.4, -0.2) is 37.3 Å². The van der Waals surface area contributed by atoms with E-state index in [2.05, 4.69) is 17.9 Å². The highest BCUT2D eigenvalue weighted by molar-refractivity contribution is 7.80. The third kappa shape index (κ3) is 5.93. The maximum atomic E-state index is 12.0. The Bertz CT molecular complexity index is 294. The van der Waals surface area contributed by atoms with Crippen molar-refractivity contribution in [2.45, 2.75) is 32.1 Å². The number of thiol groups is 1. The molecule has 1 fully saturated rings. The van der Waals surface area contributed by atoms with Crippen LogP contribution in [0.3, 0.4) is 0 Å². The highest BCUT2D eigenvalue weighted by atomic mass is 32.1. The molecular weight excluding hydrogens is 264 g/mol. The van der Waals surface area contributed by atoms with E-state index in [9.17, 15) is 9.59 Å². The molecule has 0 spiro atoms. The molecule has 110 valence electrons. The number of esters is 2. The predicted octanol–water partition coefficient (Wildman–Crippen LogP) is 0.731. The maximum Gasteiger partial charge on any atom is 0.327 e. The average Bonchev–Trinajstić information content (AvgIpc) is 2.41. The van der Waals surface area contributed by atoms with E-state index in [0.29, 0.717) is 12.3 Å². The monoisotopic (exact) mass is 288 g/mol. The standard InChI is InChI=1S/C13H24N2O3S/c14-8-11(10-4-2-1-3-5-10)13(17)18-12(16)9-15-6-7-19/h10-11,15,19H,1-9,14H2. The molecule has 0 aromatic carbocycles. The Hall–Kier alpha value is -0.590. The van der Waals surface area contributed by atoms with Gasteiger partial charge in [-0.25, -0.2) is 0 Å². The van der Waals surface area contributed by atoms with Crippen molar-refractivity contribution in [1.29, 1.82) is 0 Å². The molecule has 0 aromatic rings. The van der Waals surface area contributed by atoms with Crippen LogP contribution >= 0.6 is 12.6 Å². The fourth-order valence-corrected chi connectivity index (χ4v) is 2.67. The average molecular weight is 288 g/mol. The minimum Gasteiger partial charge on any atom is -0.392 e. The van der Waals surface area contributed by atoms with E-state index in [1.54, 1.807) is 0 Å². The van der Waals surface area contributed by atoms with Crippen LogP contribution in [0.25, 0.3) is 0 Å². The molecule has 0 aromatic heterocycles. The van der Waals surface area contributed by atoms with Crippen molar-refractivity contribution in [3.63, 3.8) is 0 Å². The van der Waals surface area contributed by atoms with Crippen LogP contribution in [0, 0.1) is 11.8 Å². The van der Waals surface area contributed by atoms with Gasteiger partial charge in [0.15, 0.2) is 0 Å². The number of rotatable bonds is 7. The number of nitrogens with one attached hydrogen (secondary N) is 1. The fourth-order valence-electron chi connectivity index (χ4n) is 2.51. The summed E-state index contributed by atoms with van der Waals surface area (Å²) in [5.41, 5.74) is 5.66. The number of carbonyl (C=O) groups excluding carboxylic acids is 2. The van der Waals surface area contributed by atoms with Crippen molar-refractivity contribution in [2.75, 3.05) is 25.4 Å². The smallest absolute Gasteiger partial charge is 0.327 e. The molecule has 0 amide bonds. The first-order chi connectivity index (χ1) is 9.19. The Morgan fingerprint density at radius 1 is 1.32 bits per heavy atom. The van der Waals surface area contributed by atoms with Gasteiger partial charge in [0.2, 0.25) is 0 Å². The minimum atomic E-state index is -0.541. The van der Waals surface area contributed by atoms with Crippen LogP contribution in [0.5, 0.6) is 0 Å². The third-order valence-corrected chi connectivity index (χ3v) is 3.77. The van der Waals surface area contributed by atoms with Crippen LogP contribution in [0.1, 0.15) is 32.1 Å². The Morgan fingerprint density at radius 2 is 2.00 bits per heavy atom. The number of carbonyl (C=O) groups is 2. The number of nitrogens with two attached hydrogens (primary N) is 1. The SMILES string of the molecule is NCC(C(=O)OC(=O)CNCCS)C1CCCCC1. The molecule has 3 N–H and O–H groups in total. The molecule has 1 aliphatic rings. The zero-order chi connectivity index (χ0) is 14.1. The van der Waals surface area contributed by atoms with Gasteiger partial charge in [-0.15, -0.1) is 0 Å². The molecule has 5 nitrogen and oxygen atoms in total. The summed E-state index contributed by atoms with van der Waals surface area (Å²) in [6, 6.07) is 0. The molecule has 1 unspecified atom stereocenters. The van der Waals surface area contributed by atoms with E-state index < -0.39 is 11.9 Å². The van der Waals surface area contributed by atoms with Crippen molar-refractivity contribution in [2.24, 2.45) is 17.6 Å². The summed E-state index contributed by atoms with van der Waals surface area (Å²) in [6.45, 7) is 0.893. The first-order valence-corrected chi connectivity index (χ1v) is 7.58. The summed E-state index contributed by atoms with van der Waals surface area (Å²) >= 11 is 4.01. The Balaban J connectivity index is 2.37. The van der Waals surface area contributed by atoms with Gasteiger partial charge in [0, 0.05) is 18.8 Å². The summed E-state index contributed by atoms with van der Waals surface area (Å²) < 4.78 is 4.86. The van der Waals surface area contributed by atoms with Crippen LogP contribution in [0.2, 0.25) is 0 Å². The van der Waals surface area contributed by atoms with Crippen molar-refractivity contribution in [3.8, 4) is 0 Å². The molecule has 1 rings (SSSR count). The van der Waals surface area contributed by atoms with Gasteiger partial charge >= 0.3 is 11.9 Å². The quantitative estimate of drug-likeness (QED) is 0.278. The highest BCUT2D eigenvalue weighted by Crippen LogP contribution is 2.30. The van der Waals surface area contributed by atoms with E-state index in [0.717, 1.165) is 25.7 Å². The molecule has 1 atom stereocenters. The summed E-state index contributed by atoms with van der Waals surface area (Å²) in [5.74, 6) is -0.443. The van der Waals surface area contributed by atoms with E-state index >= 15 is 0 Å². The minimum absolute atomic E-state index is 0.0360. The lowest BCUT2D eigenvalue weighted by Crippen LogP contribution is -2.36. The van der Waals surface area contributed by atoms with Crippen LogP contribution in [-0.2, 0) is 14.3 Å². The number of ether oxygens (including phenoxy) is 1. The van der Waals surface area contributed by atoms with Gasteiger partial charge in [-0.3, -0.25) is 9.59 Å². The van der Waals surface area contributed by atoms with Gasteiger partial charge < -0.3 is 15.8 Å². The molecule has 1 saturated carbocycles. The molecule has 0 bridgehead atoms. The lowest BCUT2D eigenvalue weighted by molar-refractivity contribution is -0.163. The first kappa shape index (κ1) is 16.5. The molecule has 0 saturated heterocycles. The second kappa shape index (κ2) is 9.34. The van der Waals surface area contributed by atoms with Gasteiger partial charge in [0.1, 0.15) is 0 Å². The Labute approximate surface area is 120 Å². The number of hydrogen-bond acceptors (Lipinski definition) is 6. The second-order valence-electron chi connectivity index (χ2n) is 4.93. The van der Waals surface area contributed by atoms with Crippen LogP contribution in [0.15, 0.2) is 0 Å². The van der Waals surface area contributed by atoms with E-state index in [1.807, 2.05) is 0 Å². The molecule has 1 aliphatic carbocycles. The predicted molar refractivity (Wildman–Crippen MR) is 76.9 cm³/mol. The number of hydrogen-bond donors (Lipinski definition) is 3. The summed E-state index contributed by atoms with van der Waals surface area (Å²) in [7, 11) is 0. The molecule has 6 heteroatoms. The van der Waals surface area contributed by atoms with E-state index in [-0.39, 0.29) is 24.9 Å². The van der Waals surface area contributed by atoms with E-state index in [4.69, 9.17) is 10.5 Å². The summed E-state index contributed by atoms with van der Waals surface area (Å²) in [4.78, 5) is 23.4. The van der Waals surface area contributed by atoms with Gasteiger partial charge in [-0.1, -0.05) is 19.3 Å². The molecule has 0 radical (unpaired) electrons. The fraction of sp³-hybridized carbons (Fsp3) is 0.846. The molecule has 19 heavy (non-hydrogen) atoms. The normalized spacial score (nSPS) is 18.0. The lowest BCUT2D eigenvalue weighted by atomic mass is 9.80. The molecular formula is C13H24N2O3S. The van der Waals surface area contributed by atoms with Crippen molar-refractivity contribution < 1.29 is 14.3 Å². The molecule has 0 aliphatic heterocycles. The van der Waals surface area contributed by atoms with Gasteiger partial charge in [0.05, 0.1) is 12.5 Å². The third-order valence-electron chi connectivity index (χ3n) is 3.55. The Kier molecular flexibility index (Phi) is 8.09. The largest absolute Gasteiger partial charge is 0.392 e.